The van der Waals surface area contributed by atoms with Crippen molar-refractivity contribution in [3.8, 4) is 0 Å². The van der Waals surface area contributed by atoms with Crippen molar-refractivity contribution in [2.75, 3.05) is 5.32 Å². The van der Waals surface area contributed by atoms with Gasteiger partial charge in [-0.3, -0.25) is 10.1 Å². The first-order valence-electron chi connectivity index (χ1n) is 5.98. The Hall–Kier alpha value is -2.60. The van der Waals surface area contributed by atoms with E-state index in [1.807, 2.05) is 0 Å². The molecule has 0 spiro atoms. The third-order valence-corrected chi connectivity index (χ3v) is 3.10. The van der Waals surface area contributed by atoms with E-state index in [-0.39, 0.29) is 11.3 Å². The first-order valence-corrected chi connectivity index (χ1v) is 6.36. The molecule has 0 atom stereocenters. The summed E-state index contributed by atoms with van der Waals surface area (Å²) in [4.78, 5) is 21.4. The second-order valence-corrected chi connectivity index (χ2v) is 4.68. The summed E-state index contributed by atoms with van der Waals surface area (Å²) in [5, 5.41) is 23.6. The minimum Gasteiger partial charge on any atom is -0.477 e. The first kappa shape index (κ1) is 14.8. The minimum atomic E-state index is -1.34. The van der Waals surface area contributed by atoms with Crippen LogP contribution in [0.3, 0.4) is 0 Å². The average molecular weight is 307 g/mol. The molecule has 2 aromatic rings. The number of rotatable bonds is 5. The molecule has 7 heteroatoms. The lowest BCUT2D eigenvalue weighted by Crippen LogP contribution is -2.07. The fourth-order valence-electron chi connectivity index (χ4n) is 1.85. The molecule has 0 heterocycles. The van der Waals surface area contributed by atoms with Crippen LogP contribution in [-0.4, -0.2) is 16.0 Å². The SMILES string of the molecule is O=C(O)c1cccc(NCc2ccc(Cl)cc2)c1[N+](=O)[O-]. The van der Waals surface area contributed by atoms with Gasteiger partial charge in [0.2, 0.25) is 0 Å². The second-order valence-electron chi connectivity index (χ2n) is 4.24. The molecular weight excluding hydrogens is 296 g/mol. The van der Waals surface area contributed by atoms with Crippen molar-refractivity contribution < 1.29 is 14.8 Å². The molecule has 0 amide bonds. The highest BCUT2D eigenvalue weighted by Crippen LogP contribution is 2.29. The molecule has 0 aliphatic rings. The van der Waals surface area contributed by atoms with Gasteiger partial charge >= 0.3 is 11.7 Å². The zero-order valence-electron chi connectivity index (χ0n) is 10.7. The highest BCUT2D eigenvalue weighted by atomic mass is 35.5. The molecule has 0 radical (unpaired) electrons. The number of carbonyl (C=O) groups is 1. The Bertz CT molecular complexity index is 686. The molecule has 0 saturated heterocycles. The molecule has 0 fully saturated rings. The van der Waals surface area contributed by atoms with Gasteiger partial charge < -0.3 is 10.4 Å². The quantitative estimate of drug-likeness (QED) is 0.651. The van der Waals surface area contributed by atoms with Crippen LogP contribution in [0.2, 0.25) is 5.02 Å². The number of aromatic carboxylic acids is 1. The van der Waals surface area contributed by atoms with Gasteiger partial charge in [0.25, 0.3) is 0 Å². The summed E-state index contributed by atoms with van der Waals surface area (Å²) in [7, 11) is 0. The molecule has 0 aromatic heterocycles. The molecule has 2 aromatic carbocycles. The van der Waals surface area contributed by atoms with Crippen molar-refractivity contribution in [2.24, 2.45) is 0 Å². The van der Waals surface area contributed by atoms with Crippen LogP contribution in [0, 0.1) is 10.1 Å². The molecule has 2 N–H and O–H groups in total. The smallest absolute Gasteiger partial charge is 0.342 e. The predicted molar refractivity (Wildman–Crippen MR) is 78.8 cm³/mol. The summed E-state index contributed by atoms with van der Waals surface area (Å²) in [6.07, 6.45) is 0. The number of nitrogens with zero attached hydrogens (tertiary/aromatic N) is 1. The zero-order chi connectivity index (χ0) is 15.4. The maximum Gasteiger partial charge on any atom is 0.342 e. The van der Waals surface area contributed by atoms with Gasteiger partial charge in [0.15, 0.2) is 0 Å². The number of nitrogens with one attached hydrogen (secondary N) is 1. The number of benzene rings is 2. The topological polar surface area (TPSA) is 92.5 Å². The van der Waals surface area contributed by atoms with Crippen molar-refractivity contribution in [2.45, 2.75) is 6.54 Å². The summed E-state index contributed by atoms with van der Waals surface area (Å²) in [6, 6.07) is 11.1. The lowest BCUT2D eigenvalue weighted by molar-refractivity contribution is -0.384. The summed E-state index contributed by atoms with van der Waals surface area (Å²) in [5.41, 5.74) is 0.240. The Kier molecular flexibility index (Phi) is 4.39. The molecule has 0 aliphatic heterocycles. The minimum absolute atomic E-state index is 0.162. The summed E-state index contributed by atoms with van der Waals surface area (Å²) < 4.78 is 0. The Balaban J connectivity index is 2.27. The Morgan fingerprint density at radius 1 is 1.24 bits per heavy atom. The number of carboxylic acids is 1. The molecule has 0 unspecified atom stereocenters. The van der Waals surface area contributed by atoms with Crippen LogP contribution in [-0.2, 0) is 6.54 Å². The van der Waals surface area contributed by atoms with Gasteiger partial charge in [-0.2, -0.15) is 0 Å². The molecule has 0 aliphatic carbocycles. The van der Waals surface area contributed by atoms with Gasteiger partial charge in [0.05, 0.1) is 4.92 Å². The number of carboxylic acid groups (broad SMARTS) is 1. The number of hydrogen-bond donors (Lipinski definition) is 2. The van der Waals surface area contributed by atoms with E-state index in [4.69, 9.17) is 16.7 Å². The molecule has 21 heavy (non-hydrogen) atoms. The fraction of sp³-hybridized carbons (Fsp3) is 0.0714. The Labute approximate surface area is 125 Å². The summed E-state index contributed by atoms with van der Waals surface area (Å²) >= 11 is 5.78. The van der Waals surface area contributed by atoms with E-state index in [0.717, 1.165) is 5.56 Å². The first-order chi connectivity index (χ1) is 9.99. The number of nitro benzene ring substituents is 1. The van der Waals surface area contributed by atoms with Crippen LogP contribution in [0.1, 0.15) is 15.9 Å². The number of para-hydroxylation sites is 1. The molecule has 0 bridgehead atoms. The number of hydrogen-bond acceptors (Lipinski definition) is 4. The average Bonchev–Trinajstić information content (AvgIpc) is 2.46. The number of nitro groups is 1. The molecule has 0 saturated carbocycles. The van der Waals surface area contributed by atoms with Crippen LogP contribution >= 0.6 is 11.6 Å². The Morgan fingerprint density at radius 3 is 2.48 bits per heavy atom. The lowest BCUT2D eigenvalue weighted by atomic mass is 10.1. The monoisotopic (exact) mass is 306 g/mol. The van der Waals surface area contributed by atoms with E-state index in [0.29, 0.717) is 11.6 Å². The third-order valence-electron chi connectivity index (χ3n) is 2.85. The van der Waals surface area contributed by atoms with Crippen LogP contribution in [0.15, 0.2) is 42.5 Å². The van der Waals surface area contributed by atoms with Crippen LogP contribution in [0.4, 0.5) is 11.4 Å². The van der Waals surface area contributed by atoms with E-state index in [1.54, 1.807) is 24.3 Å². The highest BCUT2D eigenvalue weighted by Gasteiger charge is 2.23. The maximum absolute atomic E-state index is 11.1. The fourth-order valence-corrected chi connectivity index (χ4v) is 1.98. The van der Waals surface area contributed by atoms with Gasteiger partial charge in [-0.15, -0.1) is 0 Å². The van der Waals surface area contributed by atoms with E-state index in [2.05, 4.69) is 5.32 Å². The molecule has 2 rings (SSSR count). The highest BCUT2D eigenvalue weighted by molar-refractivity contribution is 6.30. The van der Waals surface area contributed by atoms with Gasteiger partial charge in [0.1, 0.15) is 11.3 Å². The molecule has 108 valence electrons. The third kappa shape index (κ3) is 3.49. The van der Waals surface area contributed by atoms with Crippen molar-refractivity contribution >= 4 is 28.9 Å². The van der Waals surface area contributed by atoms with Gasteiger partial charge in [-0.05, 0) is 29.8 Å². The standard InChI is InChI=1S/C14H11ClN2O4/c15-10-6-4-9(5-7-10)8-16-12-3-1-2-11(14(18)19)13(12)17(20)21/h1-7,16H,8H2,(H,18,19). The van der Waals surface area contributed by atoms with E-state index in [1.165, 1.54) is 18.2 Å². The van der Waals surface area contributed by atoms with E-state index < -0.39 is 16.6 Å². The van der Waals surface area contributed by atoms with Gasteiger partial charge in [-0.25, -0.2) is 4.79 Å². The van der Waals surface area contributed by atoms with E-state index >= 15 is 0 Å². The summed E-state index contributed by atoms with van der Waals surface area (Å²) in [6.45, 7) is 0.321. The molecular formula is C14H11ClN2O4. The summed E-state index contributed by atoms with van der Waals surface area (Å²) in [5.74, 6) is -1.34. The van der Waals surface area contributed by atoms with Gasteiger partial charge in [-0.1, -0.05) is 29.8 Å². The van der Waals surface area contributed by atoms with Crippen molar-refractivity contribution in [1.82, 2.24) is 0 Å². The van der Waals surface area contributed by atoms with Crippen LogP contribution < -0.4 is 5.32 Å². The number of halogens is 1. The van der Waals surface area contributed by atoms with E-state index in [9.17, 15) is 14.9 Å². The Morgan fingerprint density at radius 2 is 1.90 bits per heavy atom. The zero-order valence-corrected chi connectivity index (χ0v) is 11.5. The normalized spacial score (nSPS) is 10.1. The van der Waals surface area contributed by atoms with Crippen molar-refractivity contribution in [3.05, 3.63) is 68.7 Å². The van der Waals surface area contributed by atoms with Gasteiger partial charge in [0, 0.05) is 11.6 Å². The predicted octanol–water partition coefficient (Wildman–Crippen LogP) is 3.56. The molecule has 6 nitrogen and oxygen atoms in total. The van der Waals surface area contributed by atoms with Crippen molar-refractivity contribution in [1.29, 1.82) is 0 Å². The van der Waals surface area contributed by atoms with Crippen LogP contribution in [0.5, 0.6) is 0 Å². The van der Waals surface area contributed by atoms with Crippen LogP contribution in [0.25, 0.3) is 0 Å². The number of anilines is 1. The largest absolute Gasteiger partial charge is 0.477 e. The lowest BCUT2D eigenvalue weighted by Gasteiger charge is -2.08. The maximum atomic E-state index is 11.1. The second kappa shape index (κ2) is 6.23. The van der Waals surface area contributed by atoms with Crippen molar-refractivity contribution in [3.63, 3.8) is 0 Å².